The summed E-state index contributed by atoms with van der Waals surface area (Å²) in [6.45, 7) is 0.0163. The molecule has 2 heterocycles. The lowest BCUT2D eigenvalue weighted by Gasteiger charge is -2.35. The summed E-state index contributed by atoms with van der Waals surface area (Å²) in [4.78, 5) is 0.990. The molecular weight excluding hydrogens is 325 g/mol. The van der Waals surface area contributed by atoms with Gasteiger partial charge in [0.25, 0.3) is 10.2 Å². The van der Waals surface area contributed by atoms with Crippen molar-refractivity contribution in [1.82, 2.24) is 9.03 Å². The first kappa shape index (κ1) is 16.7. The van der Waals surface area contributed by atoms with Gasteiger partial charge in [0.15, 0.2) is 0 Å². The van der Waals surface area contributed by atoms with E-state index >= 15 is 0 Å². The van der Waals surface area contributed by atoms with Crippen LogP contribution < -0.4 is 4.72 Å². The van der Waals surface area contributed by atoms with Gasteiger partial charge >= 0.3 is 6.18 Å². The van der Waals surface area contributed by atoms with Crippen molar-refractivity contribution in [2.45, 2.75) is 37.9 Å². The van der Waals surface area contributed by atoms with Gasteiger partial charge in [-0.3, -0.25) is 0 Å². The molecular formula is C12H17F3N2O2S2. The summed E-state index contributed by atoms with van der Waals surface area (Å²) in [5.74, 6) is 0. The molecule has 21 heavy (non-hydrogen) atoms. The molecule has 1 N–H and O–H groups in total. The number of hydrogen-bond acceptors (Lipinski definition) is 3. The molecule has 0 aromatic carbocycles. The highest BCUT2D eigenvalue weighted by molar-refractivity contribution is 7.87. The summed E-state index contributed by atoms with van der Waals surface area (Å²) in [5.41, 5.74) is 0. The van der Waals surface area contributed by atoms with Gasteiger partial charge in [-0.2, -0.15) is 25.9 Å². The molecule has 0 spiro atoms. The van der Waals surface area contributed by atoms with Crippen molar-refractivity contribution in [2.75, 3.05) is 13.1 Å². The molecule has 1 unspecified atom stereocenters. The molecule has 0 radical (unpaired) electrons. The third-order valence-corrected chi connectivity index (χ3v) is 5.94. The van der Waals surface area contributed by atoms with Gasteiger partial charge in [-0.15, -0.1) is 11.3 Å². The van der Waals surface area contributed by atoms with E-state index in [2.05, 4.69) is 4.72 Å². The third kappa shape index (κ3) is 4.41. The zero-order valence-corrected chi connectivity index (χ0v) is 12.9. The minimum Gasteiger partial charge on any atom is -0.202 e. The molecule has 0 amide bonds. The second-order valence-corrected chi connectivity index (χ2v) is 7.63. The molecule has 1 aliphatic rings. The number of piperidine rings is 1. The molecule has 1 atom stereocenters. The summed E-state index contributed by atoms with van der Waals surface area (Å²) >= 11 is 1.49. The van der Waals surface area contributed by atoms with Crippen LogP contribution in [0.3, 0.4) is 0 Å². The van der Waals surface area contributed by atoms with Gasteiger partial charge in [0.2, 0.25) is 0 Å². The standard InChI is InChI=1S/C12H17F3N2O2S2/c13-12(14,15)11-5-1-2-8-17(11)21(18,19)16-7-6-10-4-3-9-20-10/h3-4,9,11,16H,1-2,5-8H2. The van der Waals surface area contributed by atoms with Crippen LogP contribution in [0.25, 0.3) is 0 Å². The van der Waals surface area contributed by atoms with E-state index < -0.39 is 22.4 Å². The Kier molecular flexibility index (Phi) is 5.29. The zero-order valence-electron chi connectivity index (χ0n) is 11.3. The second kappa shape index (κ2) is 6.64. The van der Waals surface area contributed by atoms with Crippen LogP contribution in [0.1, 0.15) is 24.1 Å². The number of nitrogens with zero attached hydrogens (tertiary/aromatic N) is 1. The average Bonchev–Trinajstić information content (AvgIpc) is 2.91. The average molecular weight is 342 g/mol. The van der Waals surface area contributed by atoms with Crippen molar-refractivity contribution < 1.29 is 21.6 Å². The molecule has 1 saturated heterocycles. The molecule has 4 nitrogen and oxygen atoms in total. The van der Waals surface area contributed by atoms with Crippen molar-refractivity contribution in [1.29, 1.82) is 0 Å². The van der Waals surface area contributed by atoms with Crippen LogP contribution >= 0.6 is 11.3 Å². The predicted octanol–water partition coefficient (Wildman–Crippen LogP) is 2.54. The summed E-state index contributed by atoms with van der Waals surface area (Å²) in [7, 11) is -4.10. The number of hydrogen-bond donors (Lipinski definition) is 1. The fraction of sp³-hybridized carbons (Fsp3) is 0.667. The van der Waals surface area contributed by atoms with Crippen LogP contribution in [0.4, 0.5) is 13.2 Å². The van der Waals surface area contributed by atoms with Crippen molar-refractivity contribution in [3.05, 3.63) is 22.4 Å². The van der Waals surface area contributed by atoms with E-state index in [9.17, 15) is 21.6 Å². The number of alkyl halides is 3. The normalized spacial score (nSPS) is 21.6. The molecule has 9 heteroatoms. The highest BCUT2D eigenvalue weighted by Crippen LogP contribution is 2.33. The Morgan fingerprint density at radius 2 is 2.14 bits per heavy atom. The highest BCUT2D eigenvalue weighted by atomic mass is 32.2. The maximum Gasteiger partial charge on any atom is 0.405 e. The maximum atomic E-state index is 12.9. The fourth-order valence-electron chi connectivity index (χ4n) is 2.36. The molecule has 1 aromatic rings. The van der Waals surface area contributed by atoms with Gasteiger partial charge in [0.1, 0.15) is 6.04 Å². The minimum atomic E-state index is -4.52. The maximum absolute atomic E-state index is 12.9. The Hall–Kier alpha value is -0.640. The Balaban J connectivity index is 1.99. The van der Waals surface area contributed by atoms with Crippen LogP contribution in [0.2, 0.25) is 0 Å². The van der Waals surface area contributed by atoms with Gasteiger partial charge in [0.05, 0.1) is 0 Å². The topological polar surface area (TPSA) is 49.4 Å². The molecule has 2 rings (SSSR count). The van der Waals surface area contributed by atoms with Gasteiger partial charge in [-0.1, -0.05) is 12.5 Å². The van der Waals surface area contributed by atoms with Gasteiger partial charge in [-0.05, 0) is 30.7 Å². The van der Waals surface area contributed by atoms with Crippen molar-refractivity contribution in [3.63, 3.8) is 0 Å². The number of halogens is 3. The highest BCUT2D eigenvalue weighted by Gasteiger charge is 2.48. The number of rotatable bonds is 5. The third-order valence-electron chi connectivity index (χ3n) is 3.38. The van der Waals surface area contributed by atoms with Gasteiger partial charge in [0, 0.05) is 18.0 Å². The number of nitrogens with one attached hydrogen (secondary N) is 1. The van der Waals surface area contributed by atoms with Crippen LogP contribution in [0, 0.1) is 0 Å². The lowest BCUT2D eigenvalue weighted by Crippen LogP contribution is -2.54. The van der Waals surface area contributed by atoms with Crippen LogP contribution in [-0.4, -0.2) is 38.0 Å². The van der Waals surface area contributed by atoms with Crippen molar-refractivity contribution in [3.8, 4) is 0 Å². The SMILES string of the molecule is O=S(=O)(NCCc1cccs1)N1CCCCC1C(F)(F)F. The molecule has 0 bridgehead atoms. The zero-order chi connectivity index (χ0) is 15.5. The van der Waals surface area contributed by atoms with E-state index in [-0.39, 0.29) is 19.5 Å². The predicted molar refractivity (Wildman–Crippen MR) is 75.3 cm³/mol. The Labute approximate surface area is 126 Å². The van der Waals surface area contributed by atoms with E-state index in [1.165, 1.54) is 11.3 Å². The fourth-order valence-corrected chi connectivity index (χ4v) is 4.52. The van der Waals surface area contributed by atoms with Gasteiger partial charge in [-0.25, -0.2) is 4.72 Å². The Morgan fingerprint density at radius 1 is 1.38 bits per heavy atom. The number of thiophene rings is 1. The largest absolute Gasteiger partial charge is 0.405 e. The summed E-state index contributed by atoms with van der Waals surface area (Å²) in [5, 5.41) is 1.87. The first-order valence-electron chi connectivity index (χ1n) is 6.66. The van der Waals surface area contributed by atoms with E-state index in [0.717, 1.165) is 4.88 Å². The van der Waals surface area contributed by atoms with Crippen LogP contribution in [-0.2, 0) is 16.6 Å². The molecule has 0 aliphatic carbocycles. The van der Waals surface area contributed by atoms with Crippen molar-refractivity contribution >= 4 is 21.5 Å². The monoisotopic (exact) mass is 342 g/mol. The van der Waals surface area contributed by atoms with E-state index in [4.69, 9.17) is 0 Å². The first-order chi connectivity index (χ1) is 9.81. The Morgan fingerprint density at radius 3 is 2.76 bits per heavy atom. The molecule has 1 fully saturated rings. The summed E-state index contributed by atoms with van der Waals surface area (Å²) in [6, 6.07) is 1.79. The minimum absolute atomic E-state index is 0.0848. The van der Waals surface area contributed by atoms with Crippen molar-refractivity contribution in [2.24, 2.45) is 0 Å². The van der Waals surface area contributed by atoms with E-state index in [1.807, 2.05) is 17.5 Å². The van der Waals surface area contributed by atoms with E-state index in [0.29, 0.717) is 23.6 Å². The molecule has 1 aliphatic heterocycles. The molecule has 0 saturated carbocycles. The van der Waals surface area contributed by atoms with Gasteiger partial charge < -0.3 is 0 Å². The smallest absolute Gasteiger partial charge is 0.202 e. The van der Waals surface area contributed by atoms with Crippen LogP contribution in [0.15, 0.2) is 17.5 Å². The lowest BCUT2D eigenvalue weighted by molar-refractivity contribution is -0.177. The second-order valence-electron chi connectivity index (χ2n) is 4.89. The summed E-state index contributed by atoms with van der Waals surface area (Å²) in [6.07, 6.45) is -3.37. The van der Waals surface area contributed by atoms with Crippen LogP contribution in [0.5, 0.6) is 0 Å². The Bertz CT molecular complexity index is 543. The molecule has 120 valence electrons. The quantitative estimate of drug-likeness (QED) is 0.894. The first-order valence-corrected chi connectivity index (χ1v) is 8.98. The van der Waals surface area contributed by atoms with E-state index in [1.54, 1.807) is 0 Å². The summed E-state index contributed by atoms with van der Waals surface area (Å²) < 4.78 is 65.8. The molecule has 1 aromatic heterocycles. The lowest BCUT2D eigenvalue weighted by atomic mass is 10.1.